The summed E-state index contributed by atoms with van der Waals surface area (Å²) < 4.78 is 0. The van der Waals surface area contributed by atoms with Gasteiger partial charge in [0.15, 0.2) is 0 Å². The Morgan fingerprint density at radius 1 is 0.382 bits per heavy atom. The summed E-state index contributed by atoms with van der Waals surface area (Å²) in [6.45, 7) is 8.02. The topological polar surface area (TPSA) is 65.2 Å². The second kappa shape index (κ2) is 25.3. The molecule has 0 heterocycles. The van der Waals surface area contributed by atoms with E-state index in [0.717, 1.165) is 11.4 Å². The van der Waals surface area contributed by atoms with Crippen molar-refractivity contribution in [3.63, 3.8) is 0 Å². The van der Waals surface area contributed by atoms with Crippen LogP contribution in [0.15, 0.2) is 216 Å². The Morgan fingerprint density at radius 3 is 0.727 bits per heavy atom. The molecule has 0 saturated carbocycles. The van der Waals surface area contributed by atoms with Crippen molar-refractivity contribution in [3.05, 3.63) is 206 Å². The summed E-state index contributed by atoms with van der Waals surface area (Å²) in [5.74, 6) is 0.500. The zero-order valence-corrected chi connectivity index (χ0v) is 35.5. The minimum atomic E-state index is -0.446. The van der Waals surface area contributed by atoms with Crippen LogP contribution in [-0.4, -0.2) is 34.7 Å². The number of hydrogen-bond donors (Lipinski definition) is 2. The molecule has 4 nitrogen and oxygen atoms in total. The van der Waals surface area contributed by atoms with Gasteiger partial charge in [0.05, 0.1) is 24.6 Å². The molecular formula is C48H50N2O2P2Ru. The van der Waals surface area contributed by atoms with Gasteiger partial charge in [-0.3, -0.25) is 9.98 Å². The number of benzene rings is 6. The van der Waals surface area contributed by atoms with Crippen LogP contribution in [0.2, 0.25) is 0 Å². The number of nitrogens with zero attached hydrogens (tertiary/aromatic N) is 2. The molecule has 0 spiro atoms. The van der Waals surface area contributed by atoms with Crippen LogP contribution in [0.25, 0.3) is 0 Å². The molecule has 7 heteroatoms. The van der Waals surface area contributed by atoms with E-state index in [9.17, 15) is 0 Å². The number of aliphatic hydroxyl groups is 2. The van der Waals surface area contributed by atoms with Crippen molar-refractivity contribution >= 4 is 59.1 Å². The van der Waals surface area contributed by atoms with Gasteiger partial charge < -0.3 is 10.2 Å². The Kier molecular flexibility index (Phi) is 20.5. The van der Waals surface area contributed by atoms with Gasteiger partial charge in [-0.2, -0.15) is 0 Å². The van der Waals surface area contributed by atoms with E-state index in [4.69, 9.17) is 10.2 Å². The molecular weight excluding hydrogens is 800 g/mol. The van der Waals surface area contributed by atoms with E-state index < -0.39 is 15.8 Å². The molecule has 0 bridgehead atoms. The molecule has 2 N–H and O–H groups in total. The summed E-state index contributed by atoms with van der Waals surface area (Å²) in [7, 11) is -0.892. The molecule has 0 radical (unpaired) electrons. The third-order valence-corrected chi connectivity index (χ3v) is 12.6. The summed E-state index contributed by atoms with van der Waals surface area (Å²) in [5, 5.41) is 26.4. The van der Waals surface area contributed by atoms with E-state index in [1.807, 2.05) is 13.8 Å². The smallest absolute Gasteiger partial charge is 0.0909 e. The van der Waals surface area contributed by atoms with E-state index in [2.05, 4.69) is 192 Å². The molecule has 6 aromatic rings. The molecule has 0 atom stereocenters. The fourth-order valence-electron chi connectivity index (χ4n) is 5.51. The Bertz CT molecular complexity index is 1710. The van der Waals surface area contributed by atoms with Gasteiger partial charge in [0, 0.05) is 30.9 Å². The first-order chi connectivity index (χ1) is 26.3. The molecule has 0 amide bonds. The summed E-state index contributed by atoms with van der Waals surface area (Å²) in [6.07, 6.45) is 3.21. The zero-order chi connectivity index (χ0) is 38.4. The number of allylic oxidation sites excluding steroid dienone is 4. The fraction of sp³-hybridized carbons (Fsp3) is 0.125. The van der Waals surface area contributed by atoms with Crippen LogP contribution in [-0.2, 0) is 19.5 Å². The van der Waals surface area contributed by atoms with Crippen LogP contribution < -0.4 is 31.8 Å². The van der Waals surface area contributed by atoms with E-state index in [-0.39, 0.29) is 31.0 Å². The zero-order valence-electron chi connectivity index (χ0n) is 31.9. The largest absolute Gasteiger partial charge is 0.513 e. The Hall–Kier alpha value is -4.78. The van der Waals surface area contributed by atoms with Crippen LogP contribution >= 0.6 is 15.8 Å². The number of aliphatic hydroxyl groups excluding tert-OH is 2. The average molecular weight is 850 g/mol. The van der Waals surface area contributed by atoms with Crippen LogP contribution in [0.3, 0.4) is 0 Å². The van der Waals surface area contributed by atoms with Crippen LogP contribution in [0.4, 0.5) is 0 Å². The van der Waals surface area contributed by atoms with Gasteiger partial charge in [0.25, 0.3) is 0 Å². The SMILES string of the molecule is CC(/C=C(/C)O)=NCCN=C(C)/C=C(/C)O.[Ru].c1ccc(P(c2ccccc2)c2ccccc2)cc1.c1ccc(P(c2ccccc2)c2ccccc2)cc1. The minimum absolute atomic E-state index is 0. The third-order valence-electron chi connectivity index (χ3n) is 7.74. The van der Waals surface area contributed by atoms with Crippen molar-refractivity contribution in [1.29, 1.82) is 0 Å². The number of aliphatic imine (C=N–C) groups is 2. The fourth-order valence-corrected chi connectivity index (χ4v) is 10.1. The molecule has 6 aromatic carbocycles. The summed E-state index contributed by atoms with van der Waals surface area (Å²) in [5.41, 5.74) is 1.56. The normalized spacial score (nSPS) is 11.8. The molecule has 0 saturated heterocycles. The van der Waals surface area contributed by atoms with Gasteiger partial charge in [0.1, 0.15) is 0 Å². The number of hydrogen-bond acceptors (Lipinski definition) is 4. The van der Waals surface area contributed by atoms with Crippen LogP contribution in [0.5, 0.6) is 0 Å². The number of rotatable bonds is 11. The van der Waals surface area contributed by atoms with Gasteiger partial charge in [-0.05, 0) is 87.5 Å². The molecule has 0 fully saturated rings. The van der Waals surface area contributed by atoms with E-state index in [0.29, 0.717) is 13.1 Å². The van der Waals surface area contributed by atoms with Gasteiger partial charge >= 0.3 is 0 Å². The van der Waals surface area contributed by atoms with Gasteiger partial charge in [-0.25, -0.2) is 0 Å². The average Bonchev–Trinajstić information content (AvgIpc) is 3.19. The standard InChI is InChI=1S/2C18H15P.C12H20N2O2.Ru/c2*1-4-10-16(11-5-1)19(17-12-6-2-7-13-17)18-14-8-3-9-15-18;1-9(7-11(3)15)13-5-6-14-10(2)8-12(4)16;/h2*1-15H;7-8,15-16H,5-6H2,1-4H3;/b;;11-7-,12-8-,13-9?,14-10?;. The van der Waals surface area contributed by atoms with Gasteiger partial charge in [-0.15, -0.1) is 0 Å². The Balaban J connectivity index is 0.000000221. The molecule has 6 rings (SSSR count). The van der Waals surface area contributed by atoms with E-state index >= 15 is 0 Å². The maximum absolute atomic E-state index is 8.98. The van der Waals surface area contributed by atoms with Crippen molar-refractivity contribution in [1.82, 2.24) is 0 Å². The Morgan fingerprint density at radius 2 is 0.564 bits per heavy atom. The first kappa shape index (κ1) is 44.6. The van der Waals surface area contributed by atoms with E-state index in [1.165, 1.54) is 31.8 Å². The monoisotopic (exact) mass is 850 g/mol. The molecule has 282 valence electrons. The summed E-state index contributed by atoms with van der Waals surface area (Å²) >= 11 is 0. The van der Waals surface area contributed by atoms with Crippen molar-refractivity contribution in [2.75, 3.05) is 13.1 Å². The first-order valence-electron chi connectivity index (χ1n) is 18.0. The van der Waals surface area contributed by atoms with Gasteiger partial charge in [0.2, 0.25) is 0 Å². The van der Waals surface area contributed by atoms with Crippen LogP contribution in [0, 0.1) is 0 Å². The minimum Gasteiger partial charge on any atom is -0.513 e. The van der Waals surface area contributed by atoms with Crippen molar-refractivity contribution < 1.29 is 29.7 Å². The molecule has 0 unspecified atom stereocenters. The van der Waals surface area contributed by atoms with Crippen LogP contribution in [0.1, 0.15) is 27.7 Å². The maximum Gasteiger partial charge on any atom is 0.0909 e. The third kappa shape index (κ3) is 16.2. The maximum atomic E-state index is 8.98. The predicted octanol–water partition coefficient (Wildman–Crippen LogP) is 9.72. The van der Waals surface area contributed by atoms with Crippen molar-refractivity contribution in [3.8, 4) is 0 Å². The summed E-state index contributed by atoms with van der Waals surface area (Å²) in [4.78, 5) is 8.41. The van der Waals surface area contributed by atoms with Gasteiger partial charge in [-0.1, -0.05) is 182 Å². The second-order valence-corrected chi connectivity index (χ2v) is 16.7. The second-order valence-electron chi connectivity index (χ2n) is 12.3. The van der Waals surface area contributed by atoms with E-state index in [1.54, 1.807) is 26.0 Å². The molecule has 0 aromatic heterocycles. The summed E-state index contributed by atoms with van der Waals surface area (Å²) in [6, 6.07) is 64.7. The molecule has 0 aliphatic heterocycles. The Labute approximate surface area is 343 Å². The van der Waals surface area contributed by atoms with Crippen molar-refractivity contribution in [2.24, 2.45) is 9.98 Å². The quantitative estimate of drug-likeness (QED) is 0.0449. The molecule has 0 aliphatic rings. The molecule has 55 heavy (non-hydrogen) atoms. The van der Waals surface area contributed by atoms with Crippen molar-refractivity contribution in [2.45, 2.75) is 27.7 Å². The molecule has 0 aliphatic carbocycles. The predicted molar refractivity (Wildman–Crippen MR) is 239 cm³/mol. The first-order valence-corrected chi connectivity index (χ1v) is 20.7.